The molecule has 4 atom stereocenters. The molecular formula is C40H51N11O6. The minimum absolute atomic E-state index is 0.0422. The number of imidazole rings is 1. The van der Waals surface area contributed by atoms with E-state index >= 15 is 0 Å². The molecule has 17 nitrogen and oxygen atoms in total. The fraction of sp³-hybridized carbons (Fsp3) is 0.350. The molecule has 0 aliphatic rings. The maximum atomic E-state index is 14.2. The smallest absolute Gasteiger partial charge is 0.243 e. The lowest BCUT2D eigenvalue weighted by atomic mass is 10.00. The van der Waals surface area contributed by atoms with Gasteiger partial charge in [0.05, 0.1) is 12.9 Å². The minimum atomic E-state index is -1.23. The summed E-state index contributed by atoms with van der Waals surface area (Å²) in [6.07, 6.45) is 4.21. The number of nitrogens with zero attached hydrogens (tertiary/aromatic N) is 2. The van der Waals surface area contributed by atoms with Crippen LogP contribution in [0.15, 0.2) is 90.3 Å². The summed E-state index contributed by atoms with van der Waals surface area (Å²) >= 11 is 0. The average molecular weight is 782 g/mol. The van der Waals surface area contributed by atoms with Gasteiger partial charge < -0.3 is 48.8 Å². The zero-order chi connectivity index (χ0) is 41.2. The number of amides is 6. The van der Waals surface area contributed by atoms with Crippen LogP contribution in [0.1, 0.15) is 49.4 Å². The maximum absolute atomic E-state index is 14.2. The lowest BCUT2D eigenvalue weighted by Gasteiger charge is -2.27. The number of H-pyrrole nitrogens is 1. The zero-order valence-corrected chi connectivity index (χ0v) is 31.8. The van der Waals surface area contributed by atoms with Gasteiger partial charge in [0.1, 0.15) is 24.2 Å². The quantitative estimate of drug-likeness (QED) is 0.0294. The first-order valence-corrected chi connectivity index (χ1v) is 18.7. The first-order chi connectivity index (χ1) is 27.4. The van der Waals surface area contributed by atoms with Gasteiger partial charge in [0.25, 0.3) is 0 Å². The Morgan fingerprint density at radius 3 is 1.96 bits per heavy atom. The monoisotopic (exact) mass is 781 g/mol. The minimum Gasteiger partial charge on any atom is -0.370 e. The summed E-state index contributed by atoms with van der Waals surface area (Å²) in [6, 6.07) is 17.6. The Balaban J connectivity index is 1.60. The summed E-state index contributed by atoms with van der Waals surface area (Å²) < 4.78 is 0. The van der Waals surface area contributed by atoms with Crippen LogP contribution in [0.5, 0.6) is 0 Å². The van der Waals surface area contributed by atoms with Crippen molar-refractivity contribution in [1.82, 2.24) is 36.6 Å². The van der Waals surface area contributed by atoms with Crippen LogP contribution in [-0.2, 0) is 48.0 Å². The number of carbonyl (C=O) groups excluding carboxylic acids is 6. The van der Waals surface area contributed by atoms with Crippen molar-refractivity contribution in [2.75, 3.05) is 13.1 Å². The van der Waals surface area contributed by atoms with E-state index in [0.29, 0.717) is 17.7 Å². The lowest BCUT2D eigenvalue weighted by molar-refractivity contribution is -0.134. The molecule has 6 amide bonds. The summed E-state index contributed by atoms with van der Waals surface area (Å²) in [5.41, 5.74) is 18.3. The summed E-state index contributed by atoms with van der Waals surface area (Å²) in [5.74, 6) is -3.95. The number of hydrogen-bond donors (Lipinski definition) is 9. The van der Waals surface area contributed by atoms with Crippen LogP contribution in [0.3, 0.4) is 0 Å². The van der Waals surface area contributed by atoms with Crippen molar-refractivity contribution >= 4 is 52.2 Å². The van der Waals surface area contributed by atoms with E-state index in [2.05, 4.69) is 41.5 Å². The molecule has 0 radical (unpaired) electrons. The second-order valence-electron chi connectivity index (χ2n) is 13.5. The van der Waals surface area contributed by atoms with Crippen LogP contribution in [-0.4, -0.2) is 88.6 Å². The molecular weight excluding hydrogens is 731 g/mol. The van der Waals surface area contributed by atoms with Crippen molar-refractivity contribution in [3.05, 3.63) is 102 Å². The van der Waals surface area contributed by atoms with Gasteiger partial charge in [-0.15, -0.1) is 0 Å². The first-order valence-electron chi connectivity index (χ1n) is 18.7. The fourth-order valence-electron chi connectivity index (χ4n) is 6.08. The Kier molecular flexibility index (Phi) is 16.5. The molecule has 4 rings (SSSR count). The first kappa shape index (κ1) is 43.0. The Bertz CT molecular complexity index is 2000. The number of hydrogen-bond acceptors (Lipinski definition) is 8. The number of guanidine groups is 1. The van der Waals surface area contributed by atoms with Crippen LogP contribution in [0.25, 0.3) is 10.8 Å². The largest absolute Gasteiger partial charge is 0.370 e. The lowest BCUT2D eigenvalue weighted by Crippen LogP contribution is -2.59. The Labute approximate surface area is 330 Å². The molecule has 302 valence electrons. The predicted molar refractivity (Wildman–Crippen MR) is 215 cm³/mol. The second-order valence-corrected chi connectivity index (χ2v) is 13.5. The van der Waals surface area contributed by atoms with E-state index in [1.54, 1.807) is 24.3 Å². The number of nitrogens with two attached hydrogens (primary N) is 3. The molecule has 0 aliphatic carbocycles. The van der Waals surface area contributed by atoms with Gasteiger partial charge in [-0.2, -0.15) is 0 Å². The molecule has 0 bridgehead atoms. The van der Waals surface area contributed by atoms with E-state index < -0.39 is 60.2 Å². The highest BCUT2D eigenvalue weighted by Crippen LogP contribution is 2.17. The van der Waals surface area contributed by atoms with E-state index in [0.717, 1.165) is 16.3 Å². The third-order valence-corrected chi connectivity index (χ3v) is 8.93. The van der Waals surface area contributed by atoms with Crippen molar-refractivity contribution in [3.8, 4) is 0 Å². The molecule has 1 unspecified atom stereocenters. The molecule has 4 aromatic rings. The molecule has 3 aromatic carbocycles. The Morgan fingerprint density at radius 2 is 1.32 bits per heavy atom. The van der Waals surface area contributed by atoms with Crippen LogP contribution in [0.2, 0.25) is 0 Å². The molecule has 0 fully saturated rings. The van der Waals surface area contributed by atoms with Crippen LogP contribution in [0.4, 0.5) is 0 Å². The number of primary amides is 1. The third kappa shape index (κ3) is 14.4. The standard InChI is InChI=1S/C40H51N11O6/c1-2-9-35(53)48-33(21-29-22-44-24-47-29)39(57)51-32(19-25-10-4-3-5-11-25)38(56)49-30(14-8-17-45-40(42)43)37(55)50-31(36(54)46-23-34(41)52)20-26-15-16-27-12-6-7-13-28(27)18-26/h3-7,10-13,15-16,18,22,24,30-33H,2,8-9,14,17,19-21,23H2,1H3,(H2,41,52)(H,44,47)(H,46,54)(H,48,53)(H,49,56)(H,50,55)(H,51,57)(H4,42,43,45)/t30-,31?,32+,33-/m0/s1. The van der Waals surface area contributed by atoms with Gasteiger partial charge in [-0.3, -0.25) is 33.8 Å². The zero-order valence-electron chi connectivity index (χ0n) is 31.8. The topological polar surface area (TPSA) is 282 Å². The third-order valence-electron chi connectivity index (χ3n) is 8.93. The Morgan fingerprint density at radius 1 is 0.702 bits per heavy atom. The number of aliphatic imine (C=N–C) groups is 1. The number of fused-ring (bicyclic) bond motifs is 1. The molecule has 0 spiro atoms. The van der Waals surface area contributed by atoms with Gasteiger partial charge in [-0.25, -0.2) is 4.98 Å². The molecule has 1 aromatic heterocycles. The van der Waals surface area contributed by atoms with E-state index in [4.69, 9.17) is 17.2 Å². The molecule has 1 heterocycles. The molecule has 0 saturated heterocycles. The van der Waals surface area contributed by atoms with Gasteiger partial charge in [0.2, 0.25) is 35.4 Å². The van der Waals surface area contributed by atoms with Crippen LogP contribution >= 0.6 is 0 Å². The van der Waals surface area contributed by atoms with E-state index in [1.165, 1.54) is 12.5 Å². The molecule has 12 N–H and O–H groups in total. The summed E-state index contributed by atoms with van der Waals surface area (Å²) in [4.78, 5) is 90.7. The normalized spacial score (nSPS) is 12.9. The number of nitrogens with one attached hydrogen (secondary N) is 6. The average Bonchev–Trinajstić information content (AvgIpc) is 3.70. The summed E-state index contributed by atoms with van der Waals surface area (Å²) in [6.45, 7) is 1.52. The number of aromatic amines is 1. The van der Waals surface area contributed by atoms with E-state index in [-0.39, 0.29) is 56.9 Å². The maximum Gasteiger partial charge on any atom is 0.243 e. The predicted octanol–water partition coefficient (Wildman–Crippen LogP) is -0.0148. The van der Waals surface area contributed by atoms with Crippen LogP contribution < -0.4 is 43.8 Å². The highest BCUT2D eigenvalue weighted by molar-refractivity contribution is 5.96. The molecule has 57 heavy (non-hydrogen) atoms. The van der Waals surface area contributed by atoms with E-state index in [1.807, 2.05) is 55.5 Å². The van der Waals surface area contributed by atoms with E-state index in [9.17, 15) is 28.8 Å². The summed E-state index contributed by atoms with van der Waals surface area (Å²) in [5, 5.41) is 15.4. The highest BCUT2D eigenvalue weighted by atomic mass is 16.2. The van der Waals surface area contributed by atoms with Gasteiger partial charge in [0, 0.05) is 44.1 Å². The molecule has 0 aliphatic heterocycles. The van der Waals surface area contributed by atoms with Crippen molar-refractivity contribution in [1.29, 1.82) is 0 Å². The number of rotatable bonds is 22. The SMILES string of the molecule is CCCC(=O)N[C@@H](Cc1cnc[nH]1)C(=O)N[C@H](Cc1ccccc1)C(=O)N[C@@H](CCCN=C(N)N)C(=O)NC(Cc1ccc2ccccc2c1)C(=O)NCC(N)=O. The van der Waals surface area contributed by atoms with Crippen molar-refractivity contribution < 1.29 is 28.8 Å². The number of aromatic nitrogens is 2. The van der Waals surface area contributed by atoms with Crippen LogP contribution in [0, 0.1) is 0 Å². The highest BCUT2D eigenvalue weighted by Gasteiger charge is 2.32. The van der Waals surface area contributed by atoms with Gasteiger partial charge in [0.15, 0.2) is 5.96 Å². The Hall–Kier alpha value is -6.78. The summed E-state index contributed by atoms with van der Waals surface area (Å²) in [7, 11) is 0. The van der Waals surface area contributed by atoms with Crippen molar-refractivity contribution in [2.45, 2.75) is 76.0 Å². The second kappa shape index (κ2) is 21.9. The molecule has 0 saturated carbocycles. The van der Waals surface area contributed by atoms with Gasteiger partial charge >= 0.3 is 0 Å². The van der Waals surface area contributed by atoms with Gasteiger partial charge in [-0.1, -0.05) is 79.7 Å². The molecule has 17 heteroatoms. The van der Waals surface area contributed by atoms with Crippen molar-refractivity contribution in [2.24, 2.45) is 22.2 Å². The van der Waals surface area contributed by atoms with Crippen molar-refractivity contribution in [3.63, 3.8) is 0 Å². The number of carbonyl (C=O) groups is 6. The number of benzene rings is 3. The van der Waals surface area contributed by atoms with Gasteiger partial charge in [-0.05, 0) is 41.2 Å². The fourth-order valence-corrected chi connectivity index (χ4v) is 6.08.